The highest BCUT2D eigenvalue weighted by molar-refractivity contribution is 7.07. The molecule has 134 valence electrons. The van der Waals surface area contributed by atoms with Gasteiger partial charge in [0.25, 0.3) is 0 Å². The molecule has 26 heavy (non-hydrogen) atoms. The van der Waals surface area contributed by atoms with Crippen LogP contribution >= 0.6 is 11.3 Å². The van der Waals surface area contributed by atoms with Crippen molar-refractivity contribution in [3.8, 4) is 11.3 Å². The summed E-state index contributed by atoms with van der Waals surface area (Å²) in [6.07, 6.45) is 9.42. The van der Waals surface area contributed by atoms with Crippen LogP contribution in [0.1, 0.15) is 25.3 Å². The molecule has 2 bridgehead atoms. The molecule has 3 atom stereocenters. The Kier molecular flexibility index (Phi) is 4.77. The van der Waals surface area contributed by atoms with Gasteiger partial charge in [0, 0.05) is 23.1 Å². The minimum Gasteiger partial charge on any atom is -0.253 e. The van der Waals surface area contributed by atoms with Crippen molar-refractivity contribution in [1.29, 1.82) is 0 Å². The molecule has 2 aliphatic carbocycles. The third-order valence-electron chi connectivity index (χ3n) is 5.22. The monoisotopic (exact) mass is 363 g/mol. The molecular formula is C22H25N3S. The molecule has 0 spiro atoms. The highest BCUT2D eigenvalue weighted by Gasteiger charge is 2.34. The summed E-state index contributed by atoms with van der Waals surface area (Å²) >= 11 is 1.64. The maximum Gasteiger partial charge on any atom is 0.206 e. The standard InChI is InChI=1S/C22H25N3S/c1-15(2)12-23-22-25(24-13-20-11-17-6-9-19(20)10-17)21(14-26-22)18-7-4-16(3)5-8-18/h4-9,13-14,17,19-20H,1,10-12H2,2-3H3. The summed E-state index contributed by atoms with van der Waals surface area (Å²) < 4.78 is 2.01. The Balaban J connectivity index is 1.70. The maximum atomic E-state index is 4.89. The number of benzene rings is 1. The van der Waals surface area contributed by atoms with Gasteiger partial charge >= 0.3 is 0 Å². The van der Waals surface area contributed by atoms with Crippen LogP contribution in [0.2, 0.25) is 0 Å². The minimum absolute atomic E-state index is 0.553. The molecule has 0 N–H and O–H groups in total. The Morgan fingerprint density at radius 1 is 1.27 bits per heavy atom. The predicted molar refractivity (Wildman–Crippen MR) is 110 cm³/mol. The third kappa shape index (κ3) is 3.51. The fourth-order valence-electron chi connectivity index (χ4n) is 3.79. The van der Waals surface area contributed by atoms with Crippen LogP contribution < -0.4 is 4.80 Å². The Hall–Kier alpha value is -2.20. The summed E-state index contributed by atoms with van der Waals surface area (Å²) in [5.74, 6) is 1.98. The van der Waals surface area contributed by atoms with E-state index in [-0.39, 0.29) is 0 Å². The van der Waals surface area contributed by atoms with Gasteiger partial charge in [0.15, 0.2) is 0 Å². The molecule has 2 aromatic rings. The van der Waals surface area contributed by atoms with E-state index in [0.717, 1.165) is 22.0 Å². The van der Waals surface area contributed by atoms with Crippen LogP contribution in [0, 0.1) is 24.7 Å². The smallest absolute Gasteiger partial charge is 0.206 e. The van der Waals surface area contributed by atoms with Crippen molar-refractivity contribution in [2.45, 2.75) is 26.7 Å². The molecule has 3 unspecified atom stereocenters. The number of aromatic nitrogens is 1. The summed E-state index contributed by atoms with van der Waals surface area (Å²) in [7, 11) is 0. The topological polar surface area (TPSA) is 29.6 Å². The first-order valence-electron chi connectivity index (χ1n) is 9.25. The van der Waals surface area contributed by atoms with Crippen molar-refractivity contribution in [1.82, 2.24) is 4.68 Å². The molecule has 3 nitrogen and oxygen atoms in total. The van der Waals surface area contributed by atoms with Crippen LogP contribution in [0.4, 0.5) is 0 Å². The van der Waals surface area contributed by atoms with Gasteiger partial charge in [-0.3, -0.25) is 4.99 Å². The maximum absolute atomic E-state index is 4.89. The van der Waals surface area contributed by atoms with E-state index in [0.29, 0.717) is 18.4 Å². The predicted octanol–water partition coefficient (Wildman–Crippen LogP) is 5.05. The van der Waals surface area contributed by atoms with Crippen molar-refractivity contribution in [2.75, 3.05) is 6.54 Å². The second kappa shape index (κ2) is 7.20. The van der Waals surface area contributed by atoms with E-state index in [2.05, 4.69) is 61.5 Å². The van der Waals surface area contributed by atoms with Gasteiger partial charge in [0.2, 0.25) is 4.80 Å². The summed E-state index contributed by atoms with van der Waals surface area (Å²) in [6, 6.07) is 8.61. The van der Waals surface area contributed by atoms with Crippen LogP contribution in [-0.4, -0.2) is 17.4 Å². The summed E-state index contributed by atoms with van der Waals surface area (Å²) in [4.78, 5) is 5.65. The van der Waals surface area contributed by atoms with Gasteiger partial charge in [-0.05, 0) is 38.5 Å². The quantitative estimate of drug-likeness (QED) is 0.526. The Morgan fingerprint density at radius 2 is 2.08 bits per heavy atom. The Morgan fingerprint density at radius 3 is 2.73 bits per heavy atom. The lowest BCUT2D eigenvalue weighted by molar-refractivity contribution is 0.589. The third-order valence-corrected chi connectivity index (χ3v) is 6.07. The molecule has 0 radical (unpaired) electrons. The fraction of sp³-hybridized carbons (Fsp3) is 0.364. The van der Waals surface area contributed by atoms with E-state index in [4.69, 9.17) is 10.1 Å². The number of fused-ring (bicyclic) bond motifs is 2. The molecular weight excluding hydrogens is 338 g/mol. The van der Waals surface area contributed by atoms with Gasteiger partial charge in [-0.15, -0.1) is 11.3 Å². The first kappa shape index (κ1) is 17.2. The minimum atomic E-state index is 0.553. The van der Waals surface area contributed by atoms with Crippen LogP contribution in [0.5, 0.6) is 0 Å². The summed E-state index contributed by atoms with van der Waals surface area (Å²) in [5, 5.41) is 7.04. The van der Waals surface area contributed by atoms with E-state index in [9.17, 15) is 0 Å². The fourth-order valence-corrected chi connectivity index (χ4v) is 4.63. The zero-order chi connectivity index (χ0) is 18.1. The number of allylic oxidation sites excluding steroid dienone is 2. The van der Waals surface area contributed by atoms with Crippen molar-refractivity contribution in [3.63, 3.8) is 0 Å². The number of hydrogen-bond acceptors (Lipinski definition) is 3. The molecule has 2 aliphatic rings. The molecule has 1 aromatic carbocycles. The van der Waals surface area contributed by atoms with Gasteiger partial charge in [-0.2, -0.15) is 5.10 Å². The van der Waals surface area contributed by atoms with Gasteiger partial charge in [-0.25, -0.2) is 4.68 Å². The van der Waals surface area contributed by atoms with Crippen LogP contribution in [0.3, 0.4) is 0 Å². The van der Waals surface area contributed by atoms with E-state index in [1.54, 1.807) is 11.3 Å². The first-order valence-corrected chi connectivity index (χ1v) is 10.1. The highest BCUT2D eigenvalue weighted by atomic mass is 32.1. The number of nitrogens with zero attached hydrogens (tertiary/aromatic N) is 3. The molecule has 4 heteroatoms. The van der Waals surface area contributed by atoms with Crippen molar-refractivity contribution in [2.24, 2.45) is 27.8 Å². The molecule has 0 saturated heterocycles. The summed E-state index contributed by atoms with van der Waals surface area (Å²) in [6.45, 7) is 8.72. The molecule has 1 aromatic heterocycles. The van der Waals surface area contributed by atoms with Gasteiger partial charge in [0.05, 0.1) is 12.2 Å². The number of aryl methyl sites for hydroxylation is 1. The number of hydrogen-bond donors (Lipinski definition) is 0. The SMILES string of the molecule is C=C(C)CN=c1scc(-c2ccc(C)cc2)n1N=CC1CC2C=CC1C2. The molecule has 0 amide bonds. The Bertz CT molecular complexity index is 927. The van der Waals surface area contributed by atoms with Gasteiger partial charge in [-0.1, -0.05) is 54.1 Å². The number of thiazole rings is 1. The first-order chi connectivity index (χ1) is 12.6. The van der Waals surface area contributed by atoms with Crippen molar-refractivity contribution < 1.29 is 0 Å². The largest absolute Gasteiger partial charge is 0.253 e. The van der Waals surface area contributed by atoms with Crippen molar-refractivity contribution >= 4 is 17.6 Å². The van der Waals surface area contributed by atoms with Crippen LogP contribution in [0.25, 0.3) is 11.3 Å². The Labute approximate surface area is 159 Å². The molecule has 1 fully saturated rings. The normalized spacial score (nSPS) is 24.8. The lowest BCUT2D eigenvalue weighted by atomic mass is 9.95. The molecule has 0 aliphatic heterocycles. The molecule has 1 saturated carbocycles. The second-order valence-electron chi connectivity index (χ2n) is 7.56. The zero-order valence-electron chi connectivity index (χ0n) is 15.4. The average molecular weight is 364 g/mol. The molecule has 4 rings (SSSR count). The average Bonchev–Trinajstić information content (AvgIpc) is 3.34. The summed E-state index contributed by atoms with van der Waals surface area (Å²) in [5.41, 5.74) is 4.60. The van der Waals surface area contributed by atoms with Crippen LogP contribution in [-0.2, 0) is 0 Å². The lowest BCUT2D eigenvalue weighted by Crippen LogP contribution is -2.15. The molecule has 1 heterocycles. The van der Waals surface area contributed by atoms with E-state index in [1.807, 2.05) is 11.6 Å². The number of rotatable bonds is 5. The van der Waals surface area contributed by atoms with Crippen molar-refractivity contribution in [3.05, 3.63) is 64.3 Å². The zero-order valence-corrected chi connectivity index (χ0v) is 16.2. The van der Waals surface area contributed by atoms with E-state index < -0.39 is 0 Å². The van der Waals surface area contributed by atoms with E-state index >= 15 is 0 Å². The van der Waals surface area contributed by atoms with Crippen LogP contribution in [0.15, 0.2) is 64.0 Å². The second-order valence-corrected chi connectivity index (χ2v) is 8.40. The van der Waals surface area contributed by atoms with E-state index in [1.165, 1.54) is 24.0 Å². The van der Waals surface area contributed by atoms with Gasteiger partial charge < -0.3 is 0 Å². The van der Waals surface area contributed by atoms with Gasteiger partial charge in [0.1, 0.15) is 0 Å². The highest BCUT2D eigenvalue weighted by Crippen LogP contribution is 2.42. The lowest BCUT2D eigenvalue weighted by Gasteiger charge is -2.12.